The summed E-state index contributed by atoms with van der Waals surface area (Å²) >= 11 is 1.74. The molecule has 0 fully saturated rings. The SMILES string of the molecule is NNC(=O)c1ccc(OCCSCc2ccco2)cc1. The number of amides is 1. The fraction of sp³-hybridized carbons (Fsp3) is 0.214. The van der Waals surface area contributed by atoms with Crippen molar-refractivity contribution in [3.05, 3.63) is 54.0 Å². The second-order valence-corrected chi connectivity index (χ2v) is 5.08. The lowest BCUT2D eigenvalue weighted by molar-refractivity contribution is 0.0953. The van der Waals surface area contributed by atoms with Gasteiger partial charge in [0.1, 0.15) is 11.5 Å². The predicted molar refractivity (Wildman–Crippen MR) is 78.5 cm³/mol. The molecule has 0 unspecified atom stereocenters. The Bertz CT molecular complexity index is 526. The van der Waals surface area contributed by atoms with Gasteiger partial charge in [0.15, 0.2) is 0 Å². The van der Waals surface area contributed by atoms with Crippen LogP contribution in [0.25, 0.3) is 0 Å². The highest BCUT2D eigenvalue weighted by Crippen LogP contribution is 2.15. The number of furan rings is 1. The molecule has 20 heavy (non-hydrogen) atoms. The van der Waals surface area contributed by atoms with E-state index < -0.39 is 0 Å². The van der Waals surface area contributed by atoms with Gasteiger partial charge in [-0.05, 0) is 36.4 Å². The van der Waals surface area contributed by atoms with Crippen molar-refractivity contribution in [1.29, 1.82) is 0 Å². The zero-order chi connectivity index (χ0) is 14.2. The summed E-state index contributed by atoms with van der Waals surface area (Å²) in [5.41, 5.74) is 2.59. The topological polar surface area (TPSA) is 77.5 Å². The minimum atomic E-state index is -0.314. The van der Waals surface area contributed by atoms with E-state index in [0.717, 1.165) is 23.0 Å². The number of nitrogens with one attached hydrogen (secondary N) is 1. The number of rotatable bonds is 7. The van der Waals surface area contributed by atoms with Crippen LogP contribution < -0.4 is 16.0 Å². The van der Waals surface area contributed by atoms with Crippen LogP contribution in [0.1, 0.15) is 16.1 Å². The van der Waals surface area contributed by atoms with E-state index in [1.54, 1.807) is 42.3 Å². The molecule has 1 aromatic heterocycles. The van der Waals surface area contributed by atoms with Crippen molar-refractivity contribution in [2.45, 2.75) is 5.75 Å². The highest BCUT2D eigenvalue weighted by Gasteiger charge is 2.03. The maximum absolute atomic E-state index is 11.2. The number of hydrogen-bond acceptors (Lipinski definition) is 5. The second kappa shape index (κ2) is 7.62. The molecule has 106 valence electrons. The van der Waals surface area contributed by atoms with Crippen LogP contribution in [0.3, 0.4) is 0 Å². The van der Waals surface area contributed by atoms with Gasteiger partial charge in [-0.25, -0.2) is 5.84 Å². The number of hydrogen-bond donors (Lipinski definition) is 2. The monoisotopic (exact) mass is 292 g/mol. The van der Waals surface area contributed by atoms with E-state index in [1.165, 1.54) is 0 Å². The minimum absolute atomic E-state index is 0.314. The summed E-state index contributed by atoms with van der Waals surface area (Å²) in [6, 6.07) is 10.7. The standard InChI is InChI=1S/C14H16N2O3S/c15-16-14(17)11-3-5-12(6-4-11)19-8-9-20-10-13-2-1-7-18-13/h1-7H,8-10,15H2,(H,16,17). The third-order valence-corrected chi connectivity index (χ3v) is 3.51. The summed E-state index contributed by atoms with van der Waals surface area (Å²) in [6.07, 6.45) is 1.67. The summed E-state index contributed by atoms with van der Waals surface area (Å²) in [4.78, 5) is 11.2. The molecule has 2 rings (SSSR count). The Hall–Kier alpha value is -1.92. The Labute approximate surface area is 121 Å². The van der Waals surface area contributed by atoms with Gasteiger partial charge >= 0.3 is 0 Å². The molecule has 6 heteroatoms. The summed E-state index contributed by atoms with van der Waals surface area (Å²) in [7, 11) is 0. The Kier molecular flexibility index (Phi) is 5.52. The number of hydrazine groups is 1. The normalized spacial score (nSPS) is 10.2. The number of carbonyl (C=O) groups is 1. The van der Waals surface area contributed by atoms with Gasteiger partial charge in [0.2, 0.25) is 0 Å². The van der Waals surface area contributed by atoms with Crippen LogP contribution in [0.15, 0.2) is 47.1 Å². The Morgan fingerprint density at radius 1 is 1.30 bits per heavy atom. The fourth-order valence-electron chi connectivity index (χ4n) is 1.57. The maximum Gasteiger partial charge on any atom is 0.265 e. The van der Waals surface area contributed by atoms with E-state index in [4.69, 9.17) is 15.0 Å². The molecule has 1 heterocycles. The lowest BCUT2D eigenvalue weighted by Crippen LogP contribution is -2.29. The lowest BCUT2D eigenvalue weighted by Gasteiger charge is -2.06. The zero-order valence-electron chi connectivity index (χ0n) is 10.9. The van der Waals surface area contributed by atoms with Gasteiger partial charge < -0.3 is 9.15 Å². The van der Waals surface area contributed by atoms with Crippen molar-refractivity contribution in [1.82, 2.24) is 5.43 Å². The van der Waals surface area contributed by atoms with Gasteiger partial charge in [-0.3, -0.25) is 10.2 Å². The van der Waals surface area contributed by atoms with Gasteiger partial charge in [0, 0.05) is 11.3 Å². The van der Waals surface area contributed by atoms with E-state index in [9.17, 15) is 4.79 Å². The van der Waals surface area contributed by atoms with Crippen LogP contribution in [0.5, 0.6) is 5.75 Å². The van der Waals surface area contributed by atoms with Crippen LogP contribution in [0.4, 0.5) is 0 Å². The summed E-state index contributed by atoms with van der Waals surface area (Å²) < 4.78 is 10.8. The molecular formula is C14H16N2O3S. The number of ether oxygens (including phenoxy) is 1. The highest BCUT2D eigenvalue weighted by molar-refractivity contribution is 7.98. The van der Waals surface area contributed by atoms with Crippen molar-refractivity contribution in [2.75, 3.05) is 12.4 Å². The molecule has 3 N–H and O–H groups in total. The Balaban J connectivity index is 1.67. The van der Waals surface area contributed by atoms with Crippen molar-refractivity contribution < 1.29 is 13.9 Å². The van der Waals surface area contributed by atoms with Crippen LogP contribution in [0.2, 0.25) is 0 Å². The van der Waals surface area contributed by atoms with Gasteiger partial charge in [-0.15, -0.1) is 0 Å². The average Bonchev–Trinajstić information content (AvgIpc) is 3.00. The number of benzene rings is 1. The first-order chi connectivity index (χ1) is 9.79. The fourth-order valence-corrected chi connectivity index (χ4v) is 2.28. The first-order valence-electron chi connectivity index (χ1n) is 6.13. The summed E-state index contributed by atoms with van der Waals surface area (Å²) in [5, 5.41) is 0. The van der Waals surface area contributed by atoms with Crippen molar-refractivity contribution in [3.8, 4) is 5.75 Å². The number of thioether (sulfide) groups is 1. The molecule has 0 aliphatic rings. The molecule has 1 aromatic carbocycles. The molecule has 0 radical (unpaired) electrons. The van der Waals surface area contributed by atoms with Crippen LogP contribution in [0, 0.1) is 0 Å². The molecule has 0 atom stereocenters. The van der Waals surface area contributed by atoms with E-state index >= 15 is 0 Å². The number of nitrogens with two attached hydrogens (primary N) is 1. The summed E-state index contributed by atoms with van der Waals surface area (Å²) in [6.45, 7) is 0.605. The molecule has 1 amide bonds. The molecule has 0 saturated heterocycles. The predicted octanol–water partition coefficient (Wildman–Crippen LogP) is 2.20. The van der Waals surface area contributed by atoms with Crippen molar-refractivity contribution >= 4 is 17.7 Å². The molecule has 0 bridgehead atoms. The van der Waals surface area contributed by atoms with Crippen LogP contribution >= 0.6 is 11.8 Å². The third kappa shape index (κ3) is 4.32. The molecule has 0 saturated carbocycles. The van der Waals surface area contributed by atoms with Gasteiger partial charge in [0.25, 0.3) is 5.91 Å². The lowest BCUT2D eigenvalue weighted by atomic mass is 10.2. The zero-order valence-corrected chi connectivity index (χ0v) is 11.7. The quantitative estimate of drug-likeness (QED) is 0.354. The maximum atomic E-state index is 11.2. The largest absolute Gasteiger partial charge is 0.493 e. The van der Waals surface area contributed by atoms with Crippen LogP contribution in [-0.4, -0.2) is 18.3 Å². The van der Waals surface area contributed by atoms with Crippen molar-refractivity contribution in [3.63, 3.8) is 0 Å². The van der Waals surface area contributed by atoms with Gasteiger partial charge in [-0.2, -0.15) is 11.8 Å². The number of carbonyl (C=O) groups excluding carboxylic acids is 1. The van der Waals surface area contributed by atoms with Crippen LogP contribution in [-0.2, 0) is 5.75 Å². The van der Waals surface area contributed by atoms with Crippen molar-refractivity contribution in [2.24, 2.45) is 5.84 Å². The highest BCUT2D eigenvalue weighted by atomic mass is 32.2. The first kappa shape index (κ1) is 14.5. The molecule has 0 spiro atoms. The van der Waals surface area contributed by atoms with E-state index in [2.05, 4.69) is 5.43 Å². The van der Waals surface area contributed by atoms with Gasteiger partial charge in [-0.1, -0.05) is 0 Å². The molecule has 0 aliphatic heterocycles. The van der Waals surface area contributed by atoms with E-state index in [-0.39, 0.29) is 5.91 Å². The Morgan fingerprint density at radius 2 is 2.10 bits per heavy atom. The third-order valence-electron chi connectivity index (χ3n) is 2.57. The average molecular weight is 292 g/mol. The second-order valence-electron chi connectivity index (χ2n) is 3.98. The summed E-state index contributed by atoms with van der Waals surface area (Å²) in [5.74, 6) is 8.14. The van der Waals surface area contributed by atoms with E-state index in [0.29, 0.717) is 12.2 Å². The molecule has 0 aliphatic carbocycles. The molecule has 5 nitrogen and oxygen atoms in total. The molecular weight excluding hydrogens is 276 g/mol. The Morgan fingerprint density at radius 3 is 2.75 bits per heavy atom. The minimum Gasteiger partial charge on any atom is -0.493 e. The molecule has 2 aromatic rings. The van der Waals surface area contributed by atoms with E-state index in [1.807, 2.05) is 12.1 Å². The first-order valence-corrected chi connectivity index (χ1v) is 7.29. The number of nitrogen functional groups attached to an aromatic ring is 1. The smallest absolute Gasteiger partial charge is 0.265 e. The van der Waals surface area contributed by atoms with Gasteiger partial charge in [0.05, 0.1) is 18.6 Å².